The molecule has 0 amide bonds. The van der Waals surface area contributed by atoms with Crippen LogP contribution in [0.1, 0.15) is 32.1 Å². The number of hydrogen-bond donors (Lipinski definition) is 3. The van der Waals surface area contributed by atoms with Crippen molar-refractivity contribution in [2.45, 2.75) is 44.4 Å². The Balaban J connectivity index is 2.37. The molecule has 1 saturated heterocycles. The number of ether oxygens (including phenoxy) is 1. The average molecular weight is 231 g/mol. The van der Waals surface area contributed by atoms with Crippen LogP contribution in [0.4, 0.5) is 0 Å². The molecule has 16 heavy (non-hydrogen) atoms. The Morgan fingerprint density at radius 3 is 2.62 bits per heavy atom. The fourth-order valence-corrected chi connectivity index (χ4v) is 1.64. The summed E-state index contributed by atoms with van der Waals surface area (Å²) < 4.78 is 5.34. The van der Waals surface area contributed by atoms with Gasteiger partial charge in [-0.3, -0.25) is 14.9 Å². The highest BCUT2D eigenvalue weighted by molar-refractivity contribution is 5.75. The van der Waals surface area contributed by atoms with Crippen molar-refractivity contribution in [3.05, 3.63) is 0 Å². The second-order valence-corrected chi connectivity index (χ2v) is 3.85. The molecule has 0 aromatic rings. The molecule has 0 radical (unpaired) electrons. The Morgan fingerprint density at radius 1 is 1.38 bits per heavy atom. The number of carboxylic acid groups (broad SMARTS) is 2. The van der Waals surface area contributed by atoms with E-state index in [0.29, 0.717) is 6.61 Å². The van der Waals surface area contributed by atoms with E-state index in [0.717, 1.165) is 19.3 Å². The minimum atomic E-state index is -1.03. The topological polar surface area (TPSA) is 95.9 Å². The molecule has 0 saturated carbocycles. The summed E-state index contributed by atoms with van der Waals surface area (Å²) in [6.45, 7) is 0.628. The van der Waals surface area contributed by atoms with Gasteiger partial charge in [0.15, 0.2) is 0 Å². The smallest absolute Gasteiger partial charge is 0.320 e. The van der Waals surface area contributed by atoms with E-state index in [2.05, 4.69) is 5.32 Å². The van der Waals surface area contributed by atoms with E-state index < -0.39 is 18.0 Å². The molecule has 0 aromatic carbocycles. The highest BCUT2D eigenvalue weighted by atomic mass is 16.5. The van der Waals surface area contributed by atoms with Crippen molar-refractivity contribution in [3.8, 4) is 0 Å². The van der Waals surface area contributed by atoms with Gasteiger partial charge in [-0.05, 0) is 25.7 Å². The number of carboxylic acids is 2. The Morgan fingerprint density at radius 2 is 2.12 bits per heavy atom. The van der Waals surface area contributed by atoms with Crippen molar-refractivity contribution in [1.29, 1.82) is 0 Å². The monoisotopic (exact) mass is 231 g/mol. The summed E-state index contributed by atoms with van der Waals surface area (Å²) in [5.74, 6) is -2.02. The Labute approximate surface area is 93.6 Å². The van der Waals surface area contributed by atoms with Crippen LogP contribution in [-0.4, -0.2) is 41.0 Å². The highest BCUT2D eigenvalue weighted by Gasteiger charge is 2.23. The fraction of sp³-hybridized carbons (Fsp3) is 0.800. The lowest BCUT2D eigenvalue weighted by molar-refractivity contribution is -0.142. The number of aliphatic carboxylic acids is 2. The van der Waals surface area contributed by atoms with Gasteiger partial charge in [-0.15, -0.1) is 0 Å². The zero-order valence-corrected chi connectivity index (χ0v) is 9.02. The predicted octanol–water partition coefficient (Wildman–Crippen LogP) is 0.421. The molecular weight excluding hydrogens is 214 g/mol. The second kappa shape index (κ2) is 6.44. The van der Waals surface area contributed by atoms with Crippen LogP contribution in [0.5, 0.6) is 0 Å². The molecule has 3 N–H and O–H groups in total. The second-order valence-electron chi connectivity index (χ2n) is 3.85. The lowest BCUT2D eigenvalue weighted by atomic mass is 10.1. The molecule has 2 atom stereocenters. The molecule has 1 fully saturated rings. The van der Waals surface area contributed by atoms with Crippen molar-refractivity contribution in [1.82, 2.24) is 5.32 Å². The Kier molecular flexibility index (Phi) is 5.21. The van der Waals surface area contributed by atoms with Crippen molar-refractivity contribution in [3.63, 3.8) is 0 Å². The third-order valence-corrected chi connectivity index (χ3v) is 2.51. The van der Waals surface area contributed by atoms with Gasteiger partial charge >= 0.3 is 11.9 Å². The Hall–Kier alpha value is -1.14. The first-order chi connectivity index (χ1) is 7.59. The minimum absolute atomic E-state index is 0.0739. The molecule has 1 heterocycles. The van der Waals surface area contributed by atoms with Gasteiger partial charge < -0.3 is 14.9 Å². The SMILES string of the molecule is O=C(O)CC[C@H](NC1CCCCO1)C(=O)O. The molecule has 6 nitrogen and oxygen atoms in total. The average Bonchev–Trinajstić information content (AvgIpc) is 2.25. The van der Waals surface area contributed by atoms with Crippen molar-refractivity contribution < 1.29 is 24.5 Å². The van der Waals surface area contributed by atoms with Gasteiger partial charge in [0.2, 0.25) is 0 Å². The number of rotatable bonds is 6. The van der Waals surface area contributed by atoms with Crippen LogP contribution in [0.25, 0.3) is 0 Å². The maximum absolute atomic E-state index is 10.9. The van der Waals surface area contributed by atoms with E-state index in [1.807, 2.05) is 0 Å². The molecule has 0 aliphatic carbocycles. The van der Waals surface area contributed by atoms with Crippen LogP contribution in [0.2, 0.25) is 0 Å². The van der Waals surface area contributed by atoms with E-state index in [9.17, 15) is 9.59 Å². The van der Waals surface area contributed by atoms with Crippen molar-refractivity contribution in [2.24, 2.45) is 0 Å². The summed E-state index contributed by atoms with van der Waals surface area (Å²) in [5, 5.41) is 20.2. The van der Waals surface area contributed by atoms with Gasteiger partial charge in [-0.1, -0.05) is 0 Å². The van der Waals surface area contributed by atoms with E-state index >= 15 is 0 Å². The standard InChI is InChI=1S/C10H17NO5/c12-9(13)5-4-7(10(14)15)11-8-3-1-2-6-16-8/h7-8,11H,1-6H2,(H,12,13)(H,14,15)/t7-,8?/m0/s1. The van der Waals surface area contributed by atoms with Gasteiger partial charge in [0.1, 0.15) is 12.3 Å². The summed E-state index contributed by atoms with van der Waals surface area (Å²) in [6.07, 6.45) is 2.43. The molecule has 1 aliphatic heterocycles. The predicted molar refractivity (Wildman–Crippen MR) is 55.0 cm³/mol. The number of nitrogens with one attached hydrogen (secondary N) is 1. The third kappa shape index (κ3) is 4.59. The third-order valence-electron chi connectivity index (χ3n) is 2.51. The van der Waals surface area contributed by atoms with E-state index in [4.69, 9.17) is 14.9 Å². The number of carbonyl (C=O) groups is 2. The maximum atomic E-state index is 10.9. The number of hydrogen-bond acceptors (Lipinski definition) is 4. The molecule has 92 valence electrons. The van der Waals surface area contributed by atoms with Crippen LogP contribution in [0.3, 0.4) is 0 Å². The van der Waals surface area contributed by atoms with E-state index in [-0.39, 0.29) is 19.1 Å². The minimum Gasteiger partial charge on any atom is -0.481 e. The van der Waals surface area contributed by atoms with Gasteiger partial charge in [0.05, 0.1) is 0 Å². The molecule has 0 bridgehead atoms. The quantitative estimate of drug-likeness (QED) is 0.613. The first kappa shape index (κ1) is 12.9. The van der Waals surface area contributed by atoms with Crippen LogP contribution >= 0.6 is 0 Å². The van der Waals surface area contributed by atoms with E-state index in [1.165, 1.54) is 0 Å². The Bertz CT molecular complexity index is 250. The normalized spacial score (nSPS) is 22.6. The largest absolute Gasteiger partial charge is 0.481 e. The fourth-order valence-electron chi connectivity index (χ4n) is 1.64. The maximum Gasteiger partial charge on any atom is 0.320 e. The zero-order valence-electron chi connectivity index (χ0n) is 9.02. The first-order valence-corrected chi connectivity index (χ1v) is 5.42. The summed E-state index contributed by atoms with van der Waals surface area (Å²) in [7, 11) is 0. The van der Waals surface area contributed by atoms with Crippen molar-refractivity contribution >= 4 is 11.9 Å². The van der Waals surface area contributed by atoms with Gasteiger partial charge in [-0.2, -0.15) is 0 Å². The molecule has 0 aromatic heterocycles. The lowest BCUT2D eigenvalue weighted by Crippen LogP contribution is -2.46. The van der Waals surface area contributed by atoms with Gasteiger partial charge in [-0.25, -0.2) is 0 Å². The summed E-state index contributed by atoms with van der Waals surface area (Å²) in [4.78, 5) is 21.2. The summed E-state index contributed by atoms with van der Waals surface area (Å²) in [5.41, 5.74) is 0. The summed E-state index contributed by atoms with van der Waals surface area (Å²) in [6, 6.07) is -0.848. The lowest BCUT2D eigenvalue weighted by Gasteiger charge is -2.26. The van der Waals surface area contributed by atoms with Gasteiger partial charge in [0.25, 0.3) is 0 Å². The molecular formula is C10H17NO5. The van der Waals surface area contributed by atoms with Crippen LogP contribution in [0, 0.1) is 0 Å². The zero-order chi connectivity index (χ0) is 12.0. The van der Waals surface area contributed by atoms with Crippen molar-refractivity contribution in [2.75, 3.05) is 6.61 Å². The molecule has 1 rings (SSSR count). The molecule has 1 unspecified atom stereocenters. The molecule has 0 spiro atoms. The van der Waals surface area contributed by atoms with Crippen LogP contribution in [-0.2, 0) is 14.3 Å². The van der Waals surface area contributed by atoms with Crippen LogP contribution in [0.15, 0.2) is 0 Å². The van der Waals surface area contributed by atoms with Crippen LogP contribution < -0.4 is 5.32 Å². The van der Waals surface area contributed by atoms with E-state index in [1.54, 1.807) is 0 Å². The molecule has 1 aliphatic rings. The van der Waals surface area contributed by atoms with Gasteiger partial charge in [0, 0.05) is 13.0 Å². The first-order valence-electron chi connectivity index (χ1n) is 5.42. The highest BCUT2D eigenvalue weighted by Crippen LogP contribution is 2.12. The molecule has 6 heteroatoms. The summed E-state index contributed by atoms with van der Waals surface area (Å²) >= 11 is 0.